The van der Waals surface area contributed by atoms with Crippen LogP contribution in [0.25, 0.3) is 0 Å². The quantitative estimate of drug-likeness (QED) is 0.510. The number of hydrogen-bond donors (Lipinski definition) is 1. The highest BCUT2D eigenvalue weighted by atomic mass is 19.4. The second kappa shape index (κ2) is 13.8. The number of rotatable bonds is 5. The maximum absolute atomic E-state index is 12.2. The van der Waals surface area contributed by atoms with E-state index in [0.717, 1.165) is 37.7 Å². The van der Waals surface area contributed by atoms with Crippen molar-refractivity contribution in [2.24, 2.45) is 0 Å². The second-order valence-electron chi connectivity index (χ2n) is 8.77. The van der Waals surface area contributed by atoms with Gasteiger partial charge in [-0.15, -0.1) is 0 Å². The van der Waals surface area contributed by atoms with E-state index < -0.39 is 12.1 Å². The monoisotopic (exact) mass is 443 g/mol. The summed E-state index contributed by atoms with van der Waals surface area (Å²) in [5, 5.41) is 9.38. The van der Waals surface area contributed by atoms with E-state index in [0.29, 0.717) is 17.6 Å². The van der Waals surface area contributed by atoms with Crippen LogP contribution in [-0.4, -0.2) is 40.8 Å². The van der Waals surface area contributed by atoms with Crippen molar-refractivity contribution >= 4 is 6.41 Å². The van der Waals surface area contributed by atoms with E-state index in [1.165, 1.54) is 51.2 Å². The molecule has 2 aliphatic carbocycles. The van der Waals surface area contributed by atoms with Crippen molar-refractivity contribution in [3.05, 3.63) is 35.4 Å². The van der Waals surface area contributed by atoms with Crippen molar-refractivity contribution in [1.29, 1.82) is 0 Å². The molecule has 3 rings (SSSR count). The highest BCUT2D eigenvalue weighted by Gasteiger charge is 2.36. The van der Waals surface area contributed by atoms with Crippen LogP contribution in [0.5, 0.6) is 0 Å². The molecule has 0 saturated heterocycles. The molecule has 1 amide bonds. The zero-order chi connectivity index (χ0) is 23.4. The Balaban J connectivity index is 0.000000266. The molecule has 0 aromatic heterocycles. The van der Waals surface area contributed by atoms with Crippen molar-refractivity contribution in [3.63, 3.8) is 0 Å². The van der Waals surface area contributed by atoms with Gasteiger partial charge in [-0.2, -0.15) is 13.2 Å². The van der Waals surface area contributed by atoms with E-state index in [9.17, 15) is 23.1 Å². The largest absolute Gasteiger partial charge is 0.395 e. The number of unbranched alkanes of at least 4 members (excludes halogenated alkanes) is 1. The first-order valence-corrected chi connectivity index (χ1v) is 11.7. The number of aliphatic hydroxyl groups excluding tert-OH is 1. The molecule has 1 unspecified atom stereocenters. The number of amides is 1. The molecule has 2 saturated carbocycles. The van der Waals surface area contributed by atoms with Crippen LogP contribution in [0.2, 0.25) is 0 Å². The summed E-state index contributed by atoms with van der Waals surface area (Å²) >= 11 is 0. The Labute approximate surface area is 186 Å². The molecule has 6 heteroatoms. The summed E-state index contributed by atoms with van der Waals surface area (Å²) in [5.41, 5.74) is 1.29. The molecule has 31 heavy (non-hydrogen) atoms. The third-order valence-electron chi connectivity index (χ3n) is 6.27. The van der Waals surface area contributed by atoms with Crippen LogP contribution in [0.15, 0.2) is 24.3 Å². The lowest BCUT2D eigenvalue weighted by Gasteiger charge is -2.42. The number of carbonyl (C=O) groups is 1. The maximum atomic E-state index is 12.2. The third-order valence-corrected chi connectivity index (χ3v) is 6.27. The number of benzene rings is 1. The van der Waals surface area contributed by atoms with E-state index in [1.54, 1.807) is 12.1 Å². The Kier molecular flexibility index (Phi) is 12.2. The first-order valence-electron chi connectivity index (χ1n) is 11.7. The Bertz CT molecular complexity index is 604. The molecule has 2 fully saturated rings. The Morgan fingerprint density at radius 2 is 1.48 bits per heavy atom. The third kappa shape index (κ3) is 9.63. The van der Waals surface area contributed by atoms with Gasteiger partial charge in [-0.25, -0.2) is 0 Å². The Morgan fingerprint density at radius 3 is 1.84 bits per heavy atom. The molecule has 2 aliphatic rings. The zero-order valence-electron chi connectivity index (χ0n) is 19.5. The van der Waals surface area contributed by atoms with Crippen molar-refractivity contribution in [2.45, 2.75) is 116 Å². The number of alkyl halides is 3. The number of aliphatic hydroxyl groups is 1. The Hall–Kier alpha value is -1.56. The molecule has 0 heterocycles. The van der Waals surface area contributed by atoms with E-state index in [-0.39, 0.29) is 6.10 Å². The van der Waals surface area contributed by atoms with Gasteiger partial charge in [0.05, 0.1) is 12.0 Å². The summed E-state index contributed by atoms with van der Waals surface area (Å²) in [6.07, 6.45) is 6.71. The molecular formula is C25H40F3NO2. The molecule has 1 aromatic rings. The topological polar surface area (TPSA) is 40.5 Å². The molecule has 0 spiro atoms. The van der Waals surface area contributed by atoms with Gasteiger partial charge in [-0.1, -0.05) is 56.5 Å². The van der Waals surface area contributed by atoms with Crippen LogP contribution in [0.3, 0.4) is 0 Å². The molecule has 0 bridgehead atoms. The molecular weight excluding hydrogens is 403 g/mol. The van der Waals surface area contributed by atoms with Crippen molar-refractivity contribution < 1.29 is 23.1 Å². The predicted molar refractivity (Wildman–Crippen MR) is 120 cm³/mol. The number of halogens is 3. The van der Waals surface area contributed by atoms with Crippen LogP contribution < -0.4 is 0 Å². The zero-order valence-corrected chi connectivity index (χ0v) is 19.5. The summed E-state index contributed by atoms with van der Waals surface area (Å²) < 4.78 is 36.7. The van der Waals surface area contributed by atoms with Gasteiger partial charge in [0, 0.05) is 12.1 Å². The minimum atomic E-state index is -4.14. The first kappa shape index (κ1) is 27.5. The summed E-state index contributed by atoms with van der Waals surface area (Å²) in [4.78, 5) is 13.0. The lowest BCUT2D eigenvalue weighted by molar-refractivity contribution is -0.146. The minimum absolute atomic E-state index is 0.124. The second-order valence-corrected chi connectivity index (χ2v) is 8.77. The van der Waals surface area contributed by atoms with Crippen molar-refractivity contribution in [3.8, 4) is 0 Å². The van der Waals surface area contributed by atoms with Crippen LogP contribution >= 0.6 is 0 Å². The van der Waals surface area contributed by atoms with Crippen molar-refractivity contribution in [1.82, 2.24) is 4.90 Å². The fourth-order valence-corrected chi connectivity index (χ4v) is 3.56. The summed E-state index contributed by atoms with van der Waals surface area (Å²) in [7, 11) is 0. The normalized spacial score (nSPS) is 22.1. The highest BCUT2D eigenvalue weighted by Crippen LogP contribution is 2.34. The van der Waals surface area contributed by atoms with Gasteiger partial charge < -0.3 is 10.0 Å². The van der Waals surface area contributed by atoms with Gasteiger partial charge in [0.1, 0.15) is 0 Å². The first-order chi connectivity index (χ1) is 14.6. The van der Waals surface area contributed by atoms with E-state index in [4.69, 9.17) is 0 Å². The van der Waals surface area contributed by atoms with Gasteiger partial charge in [0.15, 0.2) is 0 Å². The number of aryl methyl sites for hydroxylation is 1. The summed E-state index contributed by atoms with van der Waals surface area (Å²) in [5.74, 6) is -1.38. The van der Waals surface area contributed by atoms with Gasteiger partial charge >= 0.3 is 6.18 Å². The summed E-state index contributed by atoms with van der Waals surface area (Å²) in [6, 6.07) is 7.34. The van der Waals surface area contributed by atoms with Crippen LogP contribution in [0.4, 0.5) is 13.2 Å². The molecule has 1 atom stereocenters. The average molecular weight is 444 g/mol. The predicted octanol–water partition coefficient (Wildman–Crippen LogP) is 6.77. The number of carbonyl (C=O) groups excluding carboxylic acids is 1. The van der Waals surface area contributed by atoms with E-state index >= 15 is 0 Å². The van der Waals surface area contributed by atoms with Crippen LogP contribution in [0.1, 0.15) is 95.6 Å². The van der Waals surface area contributed by atoms with E-state index in [2.05, 4.69) is 13.8 Å². The smallest absolute Gasteiger partial charge is 0.393 e. The molecule has 1 aromatic carbocycles. The summed E-state index contributed by atoms with van der Waals surface area (Å²) in [6.45, 7) is 7.38. The van der Waals surface area contributed by atoms with Crippen LogP contribution in [0, 0.1) is 6.92 Å². The lowest BCUT2D eigenvalue weighted by Crippen LogP contribution is -2.47. The minimum Gasteiger partial charge on any atom is -0.393 e. The van der Waals surface area contributed by atoms with Crippen molar-refractivity contribution in [2.75, 3.05) is 0 Å². The standard InChI is InChI=1S/C11H19NO2.C10H11F3.C4H10/c13-8-12(9-2-1-3-9)10-4-6-11(14)7-5-10;1-7-3-5-9(6-4-7)8(2)10(11,12)13;1-3-4-2/h8-11,14H,1-7H2;3-6,8H,1-2H3;3-4H2,1-2H3. The molecule has 178 valence electrons. The average Bonchev–Trinajstić information content (AvgIpc) is 2.71. The molecule has 0 aliphatic heterocycles. The van der Waals surface area contributed by atoms with Gasteiger partial charge in [-0.3, -0.25) is 4.79 Å². The Morgan fingerprint density at radius 1 is 1.00 bits per heavy atom. The molecule has 0 radical (unpaired) electrons. The lowest BCUT2D eigenvalue weighted by atomic mass is 9.86. The van der Waals surface area contributed by atoms with Crippen LogP contribution in [-0.2, 0) is 4.79 Å². The van der Waals surface area contributed by atoms with Gasteiger partial charge in [0.2, 0.25) is 6.41 Å². The fourth-order valence-electron chi connectivity index (χ4n) is 3.56. The van der Waals surface area contributed by atoms with Gasteiger partial charge in [0.25, 0.3) is 0 Å². The highest BCUT2D eigenvalue weighted by molar-refractivity contribution is 5.49. The number of nitrogens with zero attached hydrogens (tertiary/aromatic N) is 1. The number of hydrogen-bond acceptors (Lipinski definition) is 2. The SMILES string of the molecule is CCCC.Cc1ccc(C(C)C(F)(F)F)cc1.O=CN(C1CCC1)C1CCC(O)CC1. The van der Waals surface area contributed by atoms with E-state index in [1.807, 2.05) is 11.8 Å². The fraction of sp³-hybridized carbons (Fsp3) is 0.720. The van der Waals surface area contributed by atoms with Gasteiger partial charge in [-0.05, 0) is 64.4 Å². The molecule has 3 nitrogen and oxygen atoms in total. The maximum Gasteiger partial charge on any atom is 0.395 e. The molecule has 1 N–H and O–H groups in total.